The van der Waals surface area contributed by atoms with Crippen LogP contribution in [0.1, 0.15) is 17.2 Å². The highest BCUT2D eigenvalue weighted by molar-refractivity contribution is 6.31. The molecular formula is C13H6ClF6N. The van der Waals surface area contributed by atoms with Crippen LogP contribution in [0, 0.1) is 34.9 Å². The van der Waals surface area contributed by atoms with Crippen LogP contribution >= 0.6 is 11.6 Å². The van der Waals surface area contributed by atoms with Crippen molar-refractivity contribution in [1.29, 1.82) is 0 Å². The van der Waals surface area contributed by atoms with Crippen LogP contribution in [-0.2, 0) is 0 Å². The molecular weight excluding hydrogens is 320 g/mol. The van der Waals surface area contributed by atoms with E-state index in [2.05, 4.69) is 0 Å². The molecule has 2 N–H and O–H groups in total. The Balaban J connectivity index is 2.69. The van der Waals surface area contributed by atoms with Crippen LogP contribution < -0.4 is 5.73 Å². The minimum atomic E-state index is -2.30. The van der Waals surface area contributed by atoms with Crippen molar-refractivity contribution >= 4 is 11.6 Å². The Labute approximate surface area is 119 Å². The second-order valence-electron chi connectivity index (χ2n) is 4.13. The van der Waals surface area contributed by atoms with Crippen molar-refractivity contribution in [2.75, 3.05) is 0 Å². The van der Waals surface area contributed by atoms with E-state index in [4.69, 9.17) is 17.3 Å². The van der Waals surface area contributed by atoms with Gasteiger partial charge >= 0.3 is 0 Å². The lowest BCUT2D eigenvalue weighted by molar-refractivity contribution is 0.367. The number of rotatable bonds is 2. The van der Waals surface area contributed by atoms with Crippen molar-refractivity contribution in [3.63, 3.8) is 0 Å². The second kappa shape index (κ2) is 5.57. The molecule has 1 unspecified atom stereocenters. The number of hydrogen-bond acceptors (Lipinski definition) is 1. The smallest absolute Gasteiger partial charge is 0.200 e. The van der Waals surface area contributed by atoms with Crippen LogP contribution in [0.4, 0.5) is 26.3 Å². The molecule has 0 aromatic heterocycles. The zero-order chi connectivity index (χ0) is 15.9. The van der Waals surface area contributed by atoms with Crippen LogP contribution in [0.3, 0.4) is 0 Å². The number of benzene rings is 2. The summed E-state index contributed by atoms with van der Waals surface area (Å²) in [6, 6.07) is 0.943. The van der Waals surface area contributed by atoms with Gasteiger partial charge in [-0.25, -0.2) is 26.3 Å². The quantitative estimate of drug-likeness (QED) is 0.499. The summed E-state index contributed by atoms with van der Waals surface area (Å²) in [7, 11) is 0. The summed E-state index contributed by atoms with van der Waals surface area (Å²) in [5, 5.41) is -0.173. The molecule has 1 atom stereocenters. The highest BCUT2D eigenvalue weighted by atomic mass is 35.5. The van der Waals surface area contributed by atoms with Crippen molar-refractivity contribution in [1.82, 2.24) is 0 Å². The van der Waals surface area contributed by atoms with Crippen molar-refractivity contribution in [2.24, 2.45) is 5.73 Å². The summed E-state index contributed by atoms with van der Waals surface area (Å²) < 4.78 is 79.6. The molecule has 2 rings (SSSR count). The molecule has 1 nitrogen and oxygen atoms in total. The maximum atomic E-state index is 13.6. The lowest BCUT2D eigenvalue weighted by atomic mass is 9.97. The average molecular weight is 326 g/mol. The van der Waals surface area contributed by atoms with E-state index < -0.39 is 46.5 Å². The van der Waals surface area contributed by atoms with E-state index in [0.717, 1.165) is 18.2 Å². The van der Waals surface area contributed by atoms with E-state index in [1.165, 1.54) is 0 Å². The minimum absolute atomic E-state index is 0.173. The minimum Gasteiger partial charge on any atom is -0.320 e. The Bertz CT molecular complexity index is 689. The number of halogens is 7. The first-order chi connectivity index (χ1) is 9.75. The third-order valence-corrected chi connectivity index (χ3v) is 3.19. The standard InChI is InChI=1S/C13H6ClF6N/c14-6-2-1-4(15)3-5(6)13(21)7-8(16)10(18)12(20)11(19)9(7)17/h1-3,13H,21H2. The highest BCUT2D eigenvalue weighted by Crippen LogP contribution is 2.33. The predicted molar refractivity (Wildman–Crippen MR) is 63.7 cm³/mol. The molecule has 112 valence electrons. The Morgan fingerprint density at radius 3 is 1.81 bits per heavy atom. The maximum absolute atomic E-state index is 13.6. The zero-order valence-electron chi connectivity index (χ0n) is 10.0. The molecule has 0 radical (unpaired) electrons. The van der Waals surface area contributed by atoms with Crippen LogP contribution in [0.25, 0.3) is 0 Å². The SMILES string of the molecule is NC(c1cc(F)ccc1Cl)c1c(F)c(F)c(F)c(F)c1F. The van der Waals surface area contributed by atoms with Gasteiger partial charge in [0.05, 0.1) is 11.6 Å². The molecule has 0 saturated carbocycles. The molecule has 0 aliphatic heterocycles. The summed E-state index contributed by atoms with van der Waals surface area (Å²) in [4.78, 5) is 0. The van der Waals surface area contributed by atoms with Crippen molar-refractivity contribution in [3.8, 4) is 0 Å². The zero-order valence-corrected chi connectivity index (χ0v) is 10.8. The fraction of sp³-hybridized carbons (Fsp3) is 0.0769. The largest absolute Gasteiger partial charge is 0.320 e. The molecule has 0 heterocycles. The van der Waals surface area contributed by atoms with Crippen LogP contribution in [0.5, 0.6) is 0 Å². The monoisotopic (exact) mass is 325 g/mol. The fourth-order valence-electron chi connectivity index (χ4n) is 1.80. The molecule has 0 fully saturated rings. The third-order valence-electron chi connectivity index (χ3n) is 2.85. The van der Waals surface area contributed by atoms with Crippen LogP contribution in [-0.4, -0.2) is 0 Å². The lowest BCUT2D eigenvalue weighted by Crippen LogP contribution is -2.19. The van der Waals surface area contributed by atoms with Crippen molar-refractivity contribution in [2.45, 2.75) is 6.04 Å². The molecule has 0 aliphatic rings. The fourth-order valence-corrected chi connectivity index (χ4v) is 2.04. The Morgan fingerprint density at radius 1 is 0.810 bits per heavy atom. The van der Waals surface area contributed by atoms with Gasteiger partial charge in [0.2, 0.25) is 5.82 Å². The molecule has 8 heteroatoms. The molecule has 0 bridgehead atoms. The van der Waals surface area contributed by atoms with Crippen molar-refractivity contribution < 1.29 is 26.3 Å². The molecule has 0 saturated heterocycles. The normalized spacial score (nSPS) is 12.6. The molecule has 0 aliphatic carbocycles. The molecule has 0 spiro atoms. The summed E-state index contributed by atoms with van der Waals surface area (Å²) in [5.74, 6) is -11.6. The highest BCUT2D eigenvalue weighted by Gasteiger charge is 2.30. The first-order valence-electron chi connectivity index (χ1n) is 5.47. The van der Waals surface area contributed by atoms with Gasteiger partial charge in [0.25, 0.3) is 0 Å². The van der Waals surface area contributed by atoms with Gasteiger partial charge in [-0.1, -0.05) is 11.6 Å². The number of hydrogen-bond donors (Lipinski definition) is 1. The Morgan fingerprint density at radius 2 is 1.29 bits per heavy atom. The summed E-state index contributed by atoms with van der Waals surface area (Å²) in [6.45, 7) is 0. The van der Waals surface area contributed by atoms with Gasteiger partial charge in [0.1, 0.15) is 5.82 Å². The second-order valence-corrected chi connectivity index (χ2v) is 4.53. The van der Waals surface area contributed by atoms with Gasteiger partial charge in [-0.15, -0.1) is 0 Å². The van der Waals surface area contributed by atoms with E-state index in [1.807, 2.05) is 0 Å². The van der Waals surface area contributed by atoms with Crippen LogP contribution in [0.2, 0.25) is 5.02 Å². The Hall–Kier alpha value is -1.73. The van der Waals surface area contributed by atoms with Gasteiger partial charge in [-0.05, 0) is 23.8 Å². The average Bonchev–Trinajstić information content (AvgIpc) is 2.45. The molecule has 2 aromatic carbocycles. The topological polar surface area (TPSA) is 26.0 Å². The van der Waals surface area contributed by atoms with E-state index in [1.54, 1.807) is 0 Å². The predicted octanol–water partition coefficient (Wildman–Crippen LogP) is 4.22. The Kier molecular flexibility index (Phi) is 4.15. The third kappa shape index (κ3) is 2.58. The summed E-state index contributed by atoms with van der Waals surface area (Å²) >= 11 is 5.70. The van der Waals surface area contributed by atoms with E-state index in [9.17, 15) is 26.3 Å². The van der Waals surface area contributed by atoms with Gasteiger partial charge in [-0.3, -0.25) is 0 Å². The van der Waals surface area contributed by atoms with E-state index >= 15 is 0 Å². The van der Waals surface area contributed by atoms with Gasteiger partial charge in [0, 0.05) is 5.02 Å². The van der Waals surface area contributed by atoms with Gasteiger partial charge < -0.3 is 5.73 Å². The van der Waals surface area contributed by atoms with Crippen molar-refractivity contribution in [3.05, 3.63) is 69.3 Å². The van der Waals surface area contributed by atoms with Crippen LogP contribution in [0.15, 0.2) is 18.2 Å². The number of nitrogens with two attached hydrogens (primary N) is 1. The lowest BCUT2D eigenvalue weighted by Gasteiger charge is -2.17. The van der Waals surface area contributed by atoms with Gasteiger partial charge in [-0.2, -0.15) is 0 Å². The molecule has 2 aromatic rings. The van der Waals surface area contributed by atoms with Gasteiger partial charge in [0.15, 0.2) is 23.3 Å². The molecule has 21 heavy (non-hydrogen) atoms. The van der Waals surface area contributed by atoms with E-state index in [-0.39, 0.29) is 10.6 Å². The first kappa shape index (κ1) is 15.7. The summed E-state index contributed by atoms with van der Waals surface area (Å²) in [5.41, 5.74) is 3.90. The maximum Gasteiger partial charge on any atom is 0.200 e. The van der Waals surface area contributed by atoms with E-state index in [0.29, 0.717) is 0 Å². The first-order valence-corrected chi connectivity index (χ1v) is 5.85. The summed E-state index contributed by atoms with van der Waals surface area (Å²) in [6.07, 6.45) is 0. The molecule has 0 amide bonds.